The summed E-state index contributed by atoms with van der Waals surface area (Å²) in [7, 11) is 1.50. The van der Waals surface area contributed by atoms with Crippen molar-refractivity contribution < 1.29 is 9.63 Å². The zero-order valence-corrected chi connectivity index (χ0v) is 11.8. The standard InChI is InChI=1S/C17H16N2O2/c1-21-18-12-13-6-8-15(9-7-13)17(20)19-11-10-14-4-2-3-5-16(14)19/h2-9,12H,10-11H2,1H3/b18-12+. The molecule has 0 radical (unpaired) electrons. The van der Waals surface area contributed by atoms with E-state index in [0.717, 1.165) is 24.2 Å². The quantitative estimate of drug-likeness (QED) is 0.641. The molecule has 0 unspecified atom stereocenters. The van der Waals surface area contributed by atoms with Gasteiger partial charge < -0.3 is 9.74 Å². The predicted octanol–water partition coefficient (Wildman–Crippen LogP) is 2.87. The van der Waals surface area contributed by atoms with Gasteiger partial charge in [0.25, 0.3) is 5.91 Å². The summed E-state index contributed by atoms with van der Waals surface area (Å²) in [5.41, 5.74) is 3.83. The van der Waals surface area contributed by atoms with Crippen LogP contribution in [-0.2, 0) is 11.3 Å². The SMILES string of the molecule is CO/N=C/c1ccc(C(=O)N2CCc3ccccc32)cc1. The van der Waals surface area contributed by atoms with Crippen LogP contribution in [0.1, 0.15) is 21.5 Å². The minimum absolute atomic E-state index is 0.0372. The van der Waals surface area contributed by atoms with Gasteiger partial charge in [-0.15, -0.1) is 0 Å². The minimum Gasteiger partial charge on any atom is -0.399 e. The highest BCUT2D eigenvalue weighted by Gasteiger charge is 2.24. The van der Waals surface area contributed by atoms with Crippen LogP contribution in [0.3, 0.4) is 0 Å². The Labute approximate surface area is 123 Å². The second-order valence-corrected chi connectivity index (χ2v) is 4.87. The lowest BCUT2D eigenvalue weighted by atomic mass is 10.1. The predicted molar refractivity (Wildman–Crippen MR) is 82.9 cm³/mol. The molecule has 106 valence electrons. The van der Waals surface area contributed by atoms with Crippen LogP contribution in [0.5, 0.6) is 0 Å². The molecule has 0 saturated heterocycles. The van der Waals surface area contributed by atoms with Gasteiger partial charge in [0.2, 0.25) is 0 Å². The third-order valence-corrected chi connectivity index (χ3v) is 3.60. The van der Waals surface area contributed by atoms with Crippen molar-refractivity contribution in [3.8, 4) is 0 Å². The van der Waals surface area contributed by atoms with Crippen LogP contribution in [-0.4, -0.2) is 25.8 Å². The zero-order valence-electron chi connectivity index (χ0n) is 11.8. The lowest BCUT2D eigenvalue weighted by Crippen LogP contribution is -2.28. The number of oxime groups is 1. The molecule has 1 aliphatic rings. The molecule has 1 heterocycles. The summed E-state index contributed by atoms with van der Waals surface area (Å²) >= 11 is 0. The Morgan fingerprint density at radius 2 is 1.95 bits per heavy atom. The van der Waals surface area contributed by atoms with Gasteiger partial charge in [0.1, 0.15) is 7.11 Å². The van der Waals surface area contributed by atoms with Crippen molar-refractivity contribution in [2.75, 3.05) is 18.6 Å². The van der Waals surface area contributed by atoms with Gasteiger partial charge in [0.05, 0.1) is 6.21 Å². The number of benzene rings is 2. The van der Waals surface area contributed by atoms with E-state index >= 15 is 0 Å². The number of nitrogens with zero attached hydrogens (tertiary/aromatic N) is 2. The molecule has 0 atom stereocenters. The van der Waals surface area contributed by atoms with Crippen LogP contribution in [0.25, 0.3) is 0 Å². The van der Waals surface area contributed by atoms with Crippen molar-refractivity contribution in [2.24, 2.45) is 5.16 Å². The largest absolute Gasteiger partial charge is 0.399 e. The molecule has 2 aromatic rings. The first-order valence-electron chi connectivity index (χ1n) is 6.86. The van der Waals surface area contributed by atoms with Gasteiger partial charge in [-0.3, -0.25) is 4.79 Å². The van der Waals surface area contributed by atoms with Crippen molar-refractivity contribution in [1.82, 2.24) is 0 Å². The molecular formula is C17H16N2O2. The van der Waals surface area contributed by atoms with Crippen molar-refractivity contribution in [1.29, 1.82) is 0 Å². The smallest absolute Gasteiger partial charge is 0.258 e. The summed E-state index contributed by atoms with van der Waals surface area (Å²) in [6.45, 7) is 0.741. The van der Waals surface area contributed by atoms with E-state index < -0.39 is 0 Å². The number of rotatable bonds is 3. The normalized spacial score (nSPS) is 13.5. The van der Waals surface area contributed by atoms with Crippen LogP contribution in [0.15, 0.2) is 53.7 Å². The van der Waals surface area contributed by atoms with E-state index in [4.69, 9.17) is 0 Å². The number of anilines is 1. The van der Waals surface area contributed by atoms with Gasteiger partial charge in [-0.2, -0.15) is 0 Å². The molecule has 0 saturated carbocycles. The van der Waals surface area contributed by atoms with Crippen LogP contribution >= 0.6 is 0 Å². The Balaban J connectivity index is 1.82. The lowest BCUT2D eigenvalue weighted by molar-refractivity contribution is 0.0989. The third kappa shape index (κ3) is 2.65. The Morgan fingerprint density at radius 1 is 1.19 bits per heavy atom. The lowest BCUT2D eigenvalue weighted by Gasteiger charge is -2.17. The molecule has 0 aromatic heterocycles. The van der Waals surface area contributed by atoms with Crippen molar-refractivity contribution in [3.63, 3.8) is 0 Å². The molecule has 3 rings (SSSR count). The molecular weight excluding hydrogens is 264 g/mol. The summed E-state index contributed by atoms with van der Waals surface area (Å²) < 4.78 is 0. The molecule has 1 aliphatic heterocycles. The topological polar surface area (TPSA) is 41.9 Å². The van der Waals surface area contributed by atoms with Crippen LogP contribution in [0, 0.1) is 0 Å². The van der Waals surface area contributed by atoms with Gasteiger partial charge in [-0.1, -0.05) is 35.5 Å². The second-order valence-electron chi connectivity index (χ2n) is 4.87. The van der Waals surface area contributed by atoms with Crippen LogP contribution in [0.2, 0.25) is 0 Å². The number of carbonyl (C=O) groups excluding carboxylic acids is 1. The molecule has 0 N–H and O–H groups in total. The third-order valence-electron chi connectivity index (χ3n) is 3.60. The fourth-order valence-corrected chi connectivity index (χ4v) is 2.53. The van der Waals surface area contributed by atoms with Crippen molar-refractivity contribution >= 4 is 17.8 Å². The summed E-state index contributed by atoms with van der Waals surface area (Å²) in [5.74, 6) is 0.0372. The fraction of sp³-hybridized carbons (Fsp3) is 0.176. The number of fused-ring (bicyclic) bond motifs is 1. The van der Waals surface area contributed by atoms with Crippen LogP contribution in [0.4, 0.5) is 5.69 Å². The van der Waals surface area contributed by atoms with Crippen molar-refractivity contribution in [3.05, 3.63) is 65.2 Å². The molecule has 0 spiro atoms. The average Bonchev–Trinajstić information content (AvgIpc) is 2.97. The van der Waals surface area contributed by atoms with Gasteiger partial charge in [-0.25, -0.2) is 0 Å². The number of amides is 1. The molecule has 1 amide bonds. The summed E-state index contributed by atoms with van der Waals surface area (Å²) in [6, 6.07) is 15.4. The molecule has 2 aromatic carbocycles. The first-order chi connectivity index (χ1) is 10.3. The fourth-order valence-electron chi connectivity index (χ4n) is 2.53. The maximum atomic E-state index is 12.6. The maximum absolute atomic E-state index is 12.6. The number of hydrogen-bond acceptors (Lipinski definition) is 3. The second kappa shape index (κ2) is 5.79. The molecule has 4 heteroatoms. The number of para-hydroxylation sites is 1. The van der Waals surface area contributed by atoms with Gasteiger partial charge in [0.15, 0.2) is 0 Å². The van der Waals surface area contributed by atoms with Crippen LogP contribution < -0.4 is 4.90 Å². The number of carbonyl (C=O) groups is 1. The zero-order chi connectivity index (χ0) is 14.7. The minimum atomic E-state index is 0.0372. The average molecular weight is 280 g/mol. The highest BCUT2D eigenvalue weighted by molar-refractivity contribution is 6.07. The summed E-state index contributed by atoms with van der Waals surface area (Å²) in [5, 5.41) is 3.70. The van der Waals surface area contributed by atoms with E-state index in [1.807, 2.05) is 47.4 Å². The van der Waals surface area contributed by atoms with Gasteiger partial charge >= 0.3 is 0 Å². The van der Waals surface area contributed by atoms with E-state index in [-0.39, 0.29) is 5.91 Å². The monoisotopic (exact) mass is 280 g/mol. The highest BCUT2D eigenvalue weighted by atomic mass is 16.6. The number of hydrogen-bond donors (Lipinski definition) is 0. The van der Waals surface area contributed by atoms with Crippen molar-refractivity contribution in [2.45, 2.75) is 6.42 Å². The molecule has 0 aliphatic carbocycles. The molecule has 0 fully saturated rings. The molecule has 0 bridgehead atoms. The summed E-state index contributed by atoms with van der Waals surface area (Å²) in [6.07, 6.45) is 2.53. The molecule has 21 heavy (non-hydrogen) atoms. The summed E-state index contributed by atoms with van der Waals surface area (Å²) in [4.78, 5) is 19.1. The van der Waals surface area contributed by atoms with E-state index in [1.165, 1.54) is 12.7 Å². The first kappa shape index (κ1) is 13.4. The van der Waals surface area contributed by atoms with E-state index in [1.54, 1.807) is 6.21 Å². The Bertz CT molecular complexity index is 677. The Kier molecular flexibility index (Phi) is 3.69. The van der Waals surface area contributed by atoms with Gasteiger partial charge in [-0.05, 0) is 35.7 Å². The first-order valence-corrected chi connectivity index (χ1v) is 6.86. The van der Waals surface area contributed by atoms with E-state index in [9.17, 15) is 4.79 Å². The highest BCUT2D eigenvalue weighted by Crippen LogP contribution is 2.28. The van der Waals surface area contributed by atoms with Gasteiger partial charge in [0, 0.05) is 17.8 Å². The van der Waals surface area contributed by atoms with E-state index in [0.29, 0.717) is 5.56 Å². The Hall–Kier alpha value is -2.62. The molecule has 4 nitrogen and oxygen atoms in total. The van der Waals surface area contributed by atoms with E-state index in [2.05, 4.69) is 16.1 Å². The Morgan fingerprint density at radius 3 is 2.71 bits per heavy atom. The maximum Gasteiger partial charge on any atom is 0.258 e.